The zero-order chi connectivity index (χ0) is 9.52. The molecule has 0 aromatic heterocycles. The lowest BCUT2D eigenvalue weighted by molar-refractivity contribution is 0.217. The van der Waals surface area contributed by atoms with Crippen molar-refractivity contribution in [3.8, 4) is 0 Å². The second-order valence-electron chi connectivity index (χ2n) is 3.77. The van der Waals surface area contributed by atoms with Crippen molar-refractivity contribution >= 4 is 11.8 Å². The molecule has 1 heterocycles. The number of hydrogen-bond donors (Lipinski definition) is 1. The summed E-state index contributed by atoms with van der Waals surface area (Å²) in [6, 6.07) is 0.662. The minimum atomic E-state index is 0.662. The Balaban J connectivity index is 2.34. The number of hydrogen-bond acceptors (Lipinski definition) is 3. The summed E-state index contributed by atoms with van der Waals surface area (Å²) in [4.78, 5) is 2.59. The first kappa shape index (κ1) is 11.3. The first-order valence-electron chi connectivity index (χ1n) is 5.31. The van der Waals surface area contributed by atoms with Crippen molar-refractivity contribution in [1.29, 1.82) is 0 Å². The van der Waals surface area contributed by atoms with Crippen LogP contribution in [0.4, 0.5) is 0 Å². The van der Waals surface area contributed by atoms with E-state index < -0.39 is 0 Å². The van der Waals surface area contributed by atoms with E-state index in [1.807, 2.05) is 11.8 Å². The van der Waals surface area contributed by atoms with E-state index in [-0.39, 0.29) is 0 Å². The van der Waals surface area contributed by atoms with Crippen LogP contribution in [0, 0.1) is 0 Å². The fourth-order valence-electron chi connectivity index (χ4n) is 2.01. The number of thioether (sulfide) groups is 1. The van der Waals surface area contributed by atoms with Crippen LogP contribution in [0.15, 0.2) is 0 Å². The fourth-order valence-corrected chi connectivity index (χ4v) is 2.42. The molecular formula is C10H22N2S. The molecule has 0 aromatic rings. The van der Waals surface area contributed by atoms with E-state index in [0.717, 1.165) is 6.54 Å². The zero-order valence-electron chi connectivity index (χ0n) is 8.67. The van der Waals surface area contributed by atoms with Crippen molar-refractivity contribution in [1.82, 2.24) is 4.90 Å². The molecule has 13 heavy (non-hydrogen) atoms. The van der Waals surface area contributed by atoms with Gasteiger partial charge in [-0.2, -0.15) is 11.8 Å². The Hall–Kier alpha value is 0.270. The average Bonchev–Trinajstić information content (AvgIpc) is 2.39. The molecule has 1 atom stereocenters. The molecule has 1 rings (SSSR count). The van der Waals surface area contributed by atoms with Gasteiger partial charge in [-0.05, 0) is 25.6 Å². The Morgan fingerprint density at radius 2 is 2.23 bits per heavy atom. The summed E-state index contributed by atoms with van der Waals surface area (Å²) in [6.07, 6.45) is 7.62. The van der Waals surface area contributed by atoms with Gasteiger partial charge in [0.1, 0.15) is 0 Å². The van der Waals surface area contributed by atoms with Gasteiger partial charge in [-0.3, -0.25) is 4.90 Å². The van der Waals surface area contributed by atoms with Crippen LogP contribution in [-0.2, 0) is 0 Å². The highest BCUT2D eigenvalue weighted by molar-refractivity contribution is 7.98. The topological polar surface area (TPSA) is 29.3 Å². The quantitative estimate of drug-likeness (QED) is 0.750. The highest BCUT2D eigenvalue weighted by Crippen LogP contribution is 2.16. The van der Waals surface area contributed by atoms with Crippen LogP contribution in [0.2, 0.25) is 0 Å². The number of nitrogens with two attached hydrogens (primary N) is 1. The highest BCUT2D eigenvalue weighted by Gasteiger charge is 2.18. The van der Waals surface area contributed by atoms with E-state index in [2.05, 4.69) is 11.2 Å². The predicted octanol–water partition coefficient (Wildman–Crippen LogP) is 1.55. The maximum Gasteiger partial charge on any atom is 0.0218 e. The standard InChI is InChI=1S/C10H22N2S/c1-13-8-7-12-6-4-2-3-5-10(12)9-11/h10H,2-9,11H2,1H3. The summed E-state index contributed by atoms with van der Waals surface area (Å²) in [7, 11) is 0. The van der Waals surface area contributed by atoms with Crippen LogP contribution < -0.4 is 5.73 Å². The molecule has 3 heteroatoms. The summed E-state index contributed by atoms with van der Waals surface area (Å²) >= 11 is 1.93. The van der Waals surface area contributed by atoms with Gasteiger partial charge in [0, 0.05) is 24.9 Å². The molecule has 1 aliphatic heterocycles. The number of likely N-dealkylation sites (tertiary alicyclic amines) is 1. The van der Waals surface area contributed by atoms with Gasteiger partial charge in [-0.15, -0.1) is 0 Å². The van der Waals surface area contributed by atoms with E-state index >= 15 is 0 Å². The largest absolute Gasteiger partial charge is 0.329 e. The summed E-state index contributed by atoms with van der Waals surface area (Å²) in [5.74, 6) is 1.25. The Morgan fingerprint density at radius 3 is 2.92 bits per heavy atom. The molecule has 0 bridgehead atoms. The molecule has 1 unspecified atom stereocenters. The van der Waals surface area contributed by atoms with Crippen molar-refractivity contribution in [3.63, 3.8) is 0 Å². The Morgan fingerprint density at radius 1 is 1.38 bits per heavy atom. The van der Waals surface area contributed by atoms with Gasteiger partial charge < -0.3 is 5.73 Å². The highest BCUT2D eigenvalue weighted by atomic mass is 32.2. The van der Waals surface area contributed by atoms with Crippen molar-refractivity contribution in [2.45, 2.75) is 31.7 Å². The van der Waals surface area contributed by atoms with E-state index in [9.17, 15) is 0 Å². The first-order chi connectivity index (χ1) is 6.38. The smallest absolute Gasteiger partial charge is 0.0218 e. The van der Waals surface area contributed by atoms with Gasteiger partial charge in [-0.25, -0.2) is 0 Å². The SMILES string of the molecule is CSCCN1CCCCCC1CN. The molecule has 0 aliphatic carbocycles. The third kappa shape index (κ3) is 3.88. The van der Waals surface area contributed by atoms with Gasteiger partial charge in [0.2, 0.25) is 0 Å². The van der Waals surface area contributed by atoms with E-state index in [1.54, 1.807) is 0 Å². The van der Waals surface area contributed by atoms with Crippen molar-refractivity contribution < 1.29 is 0 Å². The maximum atomic E-state index is 5.79. The van der Waals surface area contributed by atoms with Gasteiger partial charge in [-0.1, -0.05) is 12.8 Å². The molecule has 1 saturated heterocycles. The molecule has 0 radical (unpaired) electrons. The van der Waals surface area contributed by atoms with Crippen LogP contribution in [0.25, 0.3) is 0 Å². The molecule has 2 N–H and O–H groups in total. The number of nitrogens with zero attached hydrogens (tertiary/aromatic N) is 1. The maximum absolute atomic E-state index is 5.79. The minimum Gasteiger partial charge on any atom is -0.329 e. The van der Waals surface area contributed by atoms with Gasteiger partial charge >= 0.3 is 0 Å². The normalized spacial score (nSPS) is 25.8. The van der Waals surface area contributed by atoms with Gasteiger partial charge in [0.25, 0.3) is 0 Å². The Bertz CT molecular complexity index is 130. The molecule has 1 aliphatic rings. The molecule has 0 saturated carbocycles. The second kappa shape index (κ2) is 6.68. The Kier molecular flexibility index (Phi) is 5.83. The van der Waals surface area contributed by atoms with Crippen molar-refractivity contribution in [2.75, 3.05) is 31.6 Å². The molecular weight excluding hydrogens is 180 g/mol. The molecule has 2 nitrogen and oxygen atoms in total. The van der Waals surface area contributed by atoms with Crippen LogP contribution >= 0.6 is 11.8 Å². The lowest BCUT2D eigenvalue weighted by Crippen LogP contribution is -2.41. The van der Waals surface area contributed by atoms with E-state index in [4.69, 9.17) is 5.73 Å². The lowest BCUT2D eigenvalue weighted by atomic mass is 10.1. The predicted molar refractivity (Wildman–Crippen MR) is 61.3 cm³/mol. The molecule has 0 aromatic carbocycles. The average molecular weight is 202 g/mol. The van der Waals surface area contributed by atoms with E-state index in [0.29, 0.717) is 6.04 Å². The third-order valence-electron chi connectivity index (χ3n) is 2.85. The van der Waals surface area contributed by atoms with Gasteiger partial charge in [0.05, 0.1) is 0 Å². The van der Waals surface area contributed by atoms with Crippen molar-refractivity contribution in [2.24, 2.45) is 5.73 Å². The summed E-state index contributed by atoms with van der Waals surface area (Å²) in [5.41, 5.74) is 5.79. The lowest BCUT2D eigenvalue weighted by Gasteiger charge is -2.28. The molecule has 0 amide bonds. The Labute approximate surface area is 86.2 Å². The first-order valence-corrected chi connectivity index (χ1v) is 6.71. The summed E-state index contributed by atoms with van der Waals surface area (Å²) in [5, 5.41) is 0. The number of rotatable bonds is 4. The van der Waals surface area contributed by atoms with Crippen LogP contribution in [-0.4, -0.2) is 42.6 Å². The molecule has 78 valence electrons. The summed E-state index contributed by atoms with van der Waals surface area (Å²) < 4.78 is 0. The second-order valence-corrected chi connectivity index (χ2v) is 4.75. The molecule has 1 fully saturated rings. The minimum absolute atomic E-state index is 0.662. The summed E-state index contributed by atoms with van der Waals surface area (Å²) in [6.45, 7) is 3.33. The van der Waals surface area contributed by atoms with Crippen LogP contribution in [0.3, 0.4) is 0 Å². The third-order valence-corrected chi connectivity index (χ3v) is 3.44. The fraction of sp³-hybridized carbons (Fsp3) is 1.00. The zero-order valence-corrected chi connectivity index (χ0v) is 9.48. The van der Waals surface area contributed by atoms with E-state index in [1.165, 1.54) is 44.5 Å². The monoisotopic (exact) mass is 202 g/mol. The van der Waals surface area contributed by atoms with Crippen molar-refractivity contribution in [3.05, 3.63) is 0 Å². The molecule has 0 spiro atoms. The van der Waals surface area contributed by atoms with Gasteiger partial charge in [0.15, 0.2) is 0 Å². The van der Waals surface area contributed by atoms with Crippen LogP contribution in [0.5, 0.6) is 0 Å². The van der Waals surface area contributed by atoms with Crippen LogP contribution in [0.1, 0.15) is 25.7 Å².